The number of aryl methyl sites for hydroxylation is 1. The van der Waals surface area contributed by atoms with Crippen LogP contribution in [0.1, 0.15) is 49.0 Å². The SMILES string of the molecule is CC(C)(O)CCc1cccc(C(=O)N2CCC(C(F)(F)F)CC2)c1. The predicted molar refractivity (Wildman–Crippen MR) is 85.7 cm³/mol. The molecule has 1 fully saturated rings. The van der Waals surface area contributed by atoms with Gasteiger partial charge in [-0.2, -0.15) is 13.2 Å². The summed E-state index contributed by atoms with van der Waals surface area (Å²) >= 11 is 0. The number of alkyl halides is 3. The van der Waals surface area contributed by atoms with Crippen LogP contribution < -0.4 is 0 Å². The highest BCUT2D eigenvalue weighted by Crippen LogP contribution is 2.34. The van der Waals surface area contributed by atoms with Crippen molar-refractivity contribution < 1.29 is 23.1 Å². The Morgan fingerprint density at radius 1 is 1.25 bits per heavy atom. The molecular formula is C18H24F3NO2. The Hall–Kier alpha value is -1.56. The first-order valence-electron chi connectivity index (χ1n) is 8.23. The van der Waals surface area contributed by atoms with E-state index in [1.54, 1.807) is 32.0 Å². The molecule has 3 nitrogen and oxygen atoms in total. The van der Waals surface area contributed by atoms with Crippen molar-refractivity contribution in [3.05, 3.63) is 35.4 Å². The van der Waals surface area contributed by atoms with Crippen LogP contribution in [-0.2, 0) is 6.42 Å². The number of aliphatic hydroxyl groups is 1. The maximum Gasteiger partial charge on any atom is 0.391 e. The summed E-state index contributed by atoms with van der Waals surface area (Å²) in [6.45, 7) is 3.73. The van der Waals surface area contributed by atoms with E-state index in [-0.39, 0.29) is 31.8 Å². The molecule has 0 bridgehead atoms. The molecule has 1 saturated heterocycles. The van der Waals surface area contributed by atoms with E-state index < -0.39 is 17.7 Å². The zero-order valence-corrected chi connectivity index (χ0v) is 14.1. The number of halogens is 3. The van der Waals surface area contributed by atoms with Gasteiger partial charge in [-0.1, -0.05) is 12.1 Å². The molecule has 1 heterocycles. The van der Waals surface area contributed by atoms with Gasteiger partial charge in [-0.15, -0.1) is 0 Å². The van der Waals surface area contributed by atoms with Crippen LogP contribution in [0.4, 0.5) is 13.2 Å². The van der Waals surface area contributed by atoms with Crippen LogP contribution in [0.3, 0.4) is 0 Å². The molecule has 1 aliphatic rings. The third-order valence-electron chi connectivity index (χ3n) is 4.44. The Balaban J connectivity index is 1.98. The predicted octanol–water partition coefficient (Wildman–Crippen LogP) is 3.80. The summed E-state index contributed by atoms with van der Waals surface area (Å²) in [7, 11) is 0. The topological polar surface area (TPSA) is 40.5 Å². The molecular weight excluding hydrogens is 319 g/mol. The standard InChI is InChI=1S/C18H24F3NO2/c1-17(2,24)9-6-13-4-3-5-14(12-13)16(23)22-10-7-15(8-11-22)18(19,20)21/h3-5,12,15,24H,6-11H2,1-2H3. The number of hydrogen-bond donors (Lipinski definition) is 1. The molecule has 24 heavy (non-hydrogen) atoms. The van der Waals surface area contributed by atoms with Crippen molar-refractivity contribution >= 4 is 5.91 Å². The Bertz CT molecular complexity index is 570. The fraction of sp³-hybridized carbons (Fsp3) is 0.611. The summed E-state index contributed by atoms with van der Waals surface area (Å²) in [6, 6.07) is 7.11. The quantitative estimate of drug-likeness (QED) is 0.903. The molecule has 1 aromatic carbocycles. The molecule has 0 radical (unpaired) electrons. The van der Waals surface area contributed by atoms with Crippen molar-refractivity contribution in [1.29, 1.82) is 0 Å². The van der Waals surface area contributed by atoms with Gasteiger partial charge in [0.15, 0.2) is 0 Å². The van der Waals surface area contributed by atoms with E-state index in [4.69, 9.17) is 0 Å². The van der Waals surface area contributed by atoms with Gasteiger partial charge in [-0.3, -0.25) is 4.79 Å². The van der Waals surface area contributed by atoms with E-state index in [0.29, 0.717) is 18.4 Å². The van der Waals surface area contributed by atoms with Crippen LogP contribution in [0.15, 0.2) is 24.3 Å². The van der Waals surface area contributed by atoms with Crippen molar-refractivity contribution in [3.8, 4) is 0 Å². The summed E-state index contributed by atoms with van der Waals surface area (Å²) in [4.78, 5) is 14.0. The van der Waals surface area contributed by atoms with Crippen molar-refractivity contribution in [2.75, 3.05) is 13.1 Å². The summed E-state index contributed by atoms with van der Waals surface area (Å²) in [5.74, 6) is -1.53. The average Bonchev–Trinajstić information content (AvgIpc) is 2.51. The number of likely N-dealkylation sites (tertiary alicyclic amines) is 1. The lowest BCUT2D eigenvalue weighted by molar-refractivity contribution is -0.183. The van der Waals surface area contributed by atoms with E-state index >= 15 is 0 Å². The number of rotatable bonds is 4. The van der Waals surface area contributed by atoms with E-state index in [0.717, 1.165) is 5.56 Å². The number of hydrogen-bond acceptors (Lipinski definition) is 2. The number of nitrogens with zero attached hydrogens (tertiary/aromatic N) is 1. The number of carbonyl (C=O) groups excluding carboxylic acids is 1. The second kappa shape index (κ2) is 7.13. The zero-order valence-electron chi connectivity index (χ0n) is 14.1. The minimum absolute atomic E-state index is 0.0341. The molecule has 2 rings (SSSR count). The van der Waals surface area contributed by atoms with Gasteiger partial charge in [0.25, 0.3) is 5.91 Å². The van der Waals surface area contributed by atoms with Gasteiger partial charge in [-0.05, 0) is 57.2 Å². The maximum absolute atomic E-state index is 12.7. The fourth-order valence-electron chi connectivity index (χ4n) is 2.90. The number of carbonyl (C=O) groups is 1. The first-order valence-corrected chi connectivity index (χ1v) is 8.23. The molecule has 1 N–H and O–H groups in total. The summed E-state index contributed by atoms with van der Waals surface area (Å²) in [5, 5.41) is 9.78. The van der Waals surface area contributed by atoms with E-state index in [2.05, 4.69) is 0 Å². The minimum Gasteiger partial charge on any atom is -0.390 e. The number of amides is 1. The van der Waals surface area contributed by atoms with Crippen molar-refractivity contribution in [1.82, 2.24) is 4.90 Å². The van der Waals surface area contributed by atoms with Gasteiger partial charge < -0.3 is 10.0 Å². The second-order valence-electron chi connectivity index (χ2n) is 7.12. The monoisotopic (exact) mass is 343 g/mol. The third kappa shape index (κ3) is 5.23. The summed E-state index contributed by atoms with van der Waals surface area (Å²) in [6.07, 6.45) is -3.03. The molecule has 0 aliphatic carbocycles. The molecule has 1 aromatic rings. The number of benzene rings is 1. The lowest BCUT2D eigenvalue weighted by atomic mass is 9.95. The second-order valence-corrected chi connectivity index (χ2v) is 7.12. The van der Waals surface area contributed by atoms with E-state index in [9.17, 15) is 23.1 Å². The smallest absolute Gasteiger partial charge is 0.390 e. The molecule has 134 valence electrons. The first kappa shape index (κ1) is 18.8. The van der Waals surface area contributed by atoms with Crippen molar-refractivity contribution in [2.24, 2.45) is 5.92 Å². The molecule has 1 amide bonds. The summed E-state index contributed by atoms with van der Waals surface area (Å²) in [5.41, 5.74) is 0.654. The highest BCUT2D eigenvalue weighted by Gasteiger charge is 2.41. The normalized spacial score (nSPS) is 17.2. The molecule has 6 heteroatoms. The van der Waals surface area contributed by atoms with Gasteiger partial charge in [0.2, 0.25) is 0 Å². The molecule has 1 aliphatic heterocycles. The van der Waals surface area contributed by atoms with E-state index in [1.165, 1.54) is 4.90 Å². The third-order valence-corrected chi connectivity index (χ3v) is 4.44. The molecule has 0 saturated carbocycles. The first-order chi connectivity index (χ1) is 11.1. The van der Waals surface area contributed by atoms with Gasteiger partial charge >= 0.3 is 6.18 Å². The average molecular weight is 343 g/mol. The summed E-state index contributed by atoms with van der Waals surface area (Å²) < 4.78 is 38.1. The van der Waals surface area contributed by atoms with Crippen LogP contribution in [0.5, 0.6) is 0 Å². The van der Waals surface area contributed by atoms with Gasteiger partial charge in [0.05, 0.1) is 11.5 Å². The van der Waals surface area contributed by atoms with Crippen LogP contribution >= 0.6 is 0 Å². The van der Waals surface area contributed by atoms with E-state index in [1.807, 2.05) is 6.07 Å². The number of piperidine rings is 1. The molecule has 0 aromatic heterocycles. The highest BCUT2D eigenvalue weighted by molar-refractivity contribution is 5.94. The molecule has 0 atom stereocenters. The lowest BCUT2D eigenvalue weighted by Gasteiger charge is -2.33. The van der Waals surface area contributed by atoms with Gasteiger partial charge in [0.1, 0.15) is 0 Å². The minimum atomic E-state index is -4.17. The molecule has 0 unspecified atom stereocenters. The van der Waals surface area contributed by atoms with Crippen molar-refractivity contribution in [2.45, 2.75) is 51.3 Å². The van der Waals surface area contributed by atoms with Gasteiger partial charge in [-0.25, -0.2) is 0 Å². The zero-order chi connectivity index (χ0) is 18.0. The van der Waals surface area contributed by atoms with Crippen LogP contribution in [-0.4, -0.2) is 40.8 Å². The van der Waals surface area contributed by atoms with Crippen molar-refractivity contribution in [3.63, 3.8) is 0 Å². The molecule has 0 spiro atoms. The Labute approximate surface area is 140 Å². The Morgan fingerprint density at radius 2 is 1.88 bits per heavy atom. The Kier molecular flexibility index (Phi) is 5.58. The van der Waals surface area contributed by atoms with Crippen LogP contribution in [0.25, 0.3) is 0 Å². The lowest BCUT2D eigenvalue weighted by Crippen LogP contribution is -2.42. The fourth-order valence-corrected chi connectivity index (χ4v) is 2.90. The Morgan fingerprint density at radius 3 is 2.42 bits per heavy atom. The maximum atomic E-state index is 12.7. The van der Waals surface area contributed by atoms with Crippen LogP contribution in [0, 0.1) is 5.92 Å². The van der Waals surface area contributed by atoms with Crippen LogP contribution in [0.2, 0.25) is 0 Å². The van der Waals surface area contributed by atoms with Gasteiger partial charge in [0, 0.05) is 18.7 Å². The largest absolute Gasteiger partial charge is 0.391 e. The highest BCUT2D eigenvalue weighted by atomic mass is 19.4.